The number of benzene rings is 2. The molecule has 1 aliphatic rings. The number of anilines is 2. The first-order valence-corrected chi connectivity index (χ1v) is 8.78. The van der Waals surface area contributed by atoms with Gasteiger partial charge < -0.3 is 14.4 Å². The lowest BCUT2D eigenvalue weighted by molar-refractivity contribution is -0.384. The molecule has 24 heavy (non-hydrogen) atoms. The Balaban J connectivity index is 2.06. The Morgan fingerprint density at radius 2 is 1.83 bits per heavy atom. The smallest absolute Gasteiger partial charge is 0.294 e. The van der Waals surface area contributed by atoms with Crippen molar-refractivity contribution < 1.29 is 22.8 Å². The van der Waals surface area contributed by atoms with Gasteiger partial charge in [0.05, 0.1) is 9.82 Å². The zero-order chi connectivity index (χ0) is 17.5. The van der Waals surface area contributed by atoms with Crippen LogP contribution in [-0.4, -0.2) is 33.4 Å². The summed E-state index contributed by atoms with van der Waals surface area (Å²) in [5.74, 6) is 1.16. The van der Waals surface area contributed by atoms with Crippen LogP contribution in [0.2, 0.25) is 0 Å². The van der Waals surface area contributed by atoms with Gasteiger partial charge in [0.15, 0.2) is 21.3 Å². The second-order valence-corrected chi connectivity index (χ2v) is 7.29. The largest absolute Gasteiger partial charge is 0.454 e. The average Bonchev–Trinajstić information content (AvgIpc) is 3.00. The molecule has 126 valence electrons. The molecule has 0 saturated carbocycles. The van der Waals surface area contributed by atoms with Crippen LogP contribution in [0.3, 0.4) is 0 Å². The minimum Gasteiger partial charge on any atom is -0.454 e. The SMILES string of the molecule is CN(c1ccc2c(c1)OCO2)c1ccc(S(C)(=O)=O)cc1[N+](=O)[O-]. The number of ether oxygens (including phenoxy) is 2. The first kappa shape index (κ1) is 16.1. The normalized spacial score (nSPS) is 12.9. The molecule has 8 nitrogen and oxygen atoms in total. The van der Waals surface area contributed by atoms with Crippen molar-refractivity contribution in [1.29, 1.82) is 0 Å². The third-order valence-corrected chi connectivity index (χ3v) is 4.79. The molecule has 0 amide bonds. The average molecular weight is 350 g/mol. The van der Waals surface area contributed by atoms with Crippen molar-refractivity contribution in [2.45, 2.75) is 4.90 Å². The van der Waals surface area contributed by atoms with E-state index in [0.29, 0.717) is 17.2 Å². The standard InChI is InChI=1S/C15H14N2O6S/c1-16(10-3-6-14-15(7-10)23-9-22-14)12-5-4-11(24(2,20)21)8-13(12)17(18)19/h3-8H,9H2,1-2H3. The molecule has 0 atom stereocenters. The Kier molecular flexibility index (Phi) is 3.80. The predicted molar refractivity (Wildman–Crippen MR) is 86.8 cm³/mol. The van der Waals surface area contributed by atoms with E-state index in [2.05, 4.69) is 0 Å². The first-order chi connectivity index (χ1) is 11.3. The van der Waals surface area contributed by atoms with E-state index in [1.165, 1.54) is 12.1 Å². The molecule has 0 saturated heterocycles. The van der Waals surface area contributed by atoms with E-state index < -0.39 is 14.8 Å². The summed E-state index contributed by atoms with van der Waals surface area (Å²) in [4.78, 5) is 12.2. The Labute approximate surface area is 138 Å². The number of nitrogens with zero attached hydrogens (tertiary/aromatic N) is 2. The molecule has 2 aromatic rings. The van der Waals surface area contributed by atoms with Crippen LogP contribution in [0.25, 0.3) is 0 Å². The molecule has 0 bridgehead atoms. The molecule has 0 aromatic heterocycles. The maximum Gasteiger partial charge on any atom is 0.294 e. The lowest BCUT2D eigenvalue weighted by Crippen LogP contribution is -2.12. The molecule has 9 heteroatoms. The zero-order valence-electron chi connectivity index (χ0n) is 12.9. The molecular formula is C15H14N2O6S. The van der Waals surface area contributed by atoms with Gasteiger partial charge in [0.25, 0.3) is 5.69 Å². The summed E-state index contributed by atoms with van der Waals surface area (Å²) >= 11 is 0. The molecule has 0 radical (unpaired) electrons. The van der Waals surface area contributed by atoms with Gasteiger partial charge in [0.2, 0.25) is 6.79 Å². The van der Waals surface area contributed by atoms with E-state index in [0.717, 1.165) is 12.3 Å². The van der Waals surface area contributed by atoms with Crippen molar-refractivity contribution >= 4 is 26.9 Å². The monoisotopic (exact) mass is 350 g/mol. The third kappa shape index (κ3) is 2.85. The zero-order valence-corrected chi connectivity index (χ0v) is 13.7. The van der Waals surface area contributed by atoms with Crippen LogP contribution in [0.4, 0.5) is 17.1 Å². The number of fused-ring (bicyclic) bond motifs is 1. The van der Waals surface area contributed by atoms with Gasteiger partial charge in [-0.3, -0.25) is 10.1 Å². The van der Waals surface area contributed by atoms with Crippen LogP contribution in [-0.2, 0) is 9.84 Å². The van der Waals surface area contributed by atoms with E-state index in [1.54, 1.807) is 30.1 Å². The van der Waals surface area contributed by atoms with E-state index in [1.807, 2.05) is 0 Å². The minimum absolute atomic E-state index is 0.1000. The topological polar surface area (TPSA) is 99.0 Å². The lowest BCUT2D eigenvalue weighted by Gasteiger charge is -2.20. The summed E-state index contributed by atoms with van der Waals surface area (Å²) < 4.78 is 33.8. The molecule has 0 aliphatic carbocycles. The van der Waals surface area contributed by atoms with Gasteiger partial charge >= 0.3 is 0 Å². The highest BCUT2D eigenvalue weighted by Gasteiger charge is 2.23. The Bertz CT molecular complexity index is 926. The Morgan fingerprint density at radius 3 is 2.50 bits per heavy atom. The van der Waals surface area contributed by atoms with Crippen molar-refractivity contribution in [2.24, 2.45) is 0 Å². The van der Waals surface area contributed by atoms with Crippen molar-refractivity contribution in [1.82, 2.24) is 0 Å². The first-order valence-electron chi connectivity index (χ1n) is 6.89. The van der Waals surface area contributed by atoms with Crippen LogP contribution >= 0.6 is 0 Å². The molecule has 1 heterocycles. The van der Waals surface area contributed by atoms with Crippen molar-refractivity contribution in [3.05, 3.63) is 46.5 Å². The quantitative estimate of drug-likeness (QED) is 0.617. The molecule has 3 rings (SSSR count). The summed E-state index contributed by atoms with van der Waals surface area (Å²) in [6.45, 7) is 0.131. The highest BCUT2D eigenvalue weighted by atomic mass is 32.2. The predicted octanol–water partition coefficient (Wildman–Crippen LogP) is 2.49. The maximum absolute atomic E-state index is 11.6. The van der Waals surface area contributed by atoms with Crippen LogP contribution in [0.1, 0.15) is 0 Å². The molecule has 0 unspecified atom stereocenters. The van der Waals surface area contributed by atoms with Crippen molar-refractivity contribution in [3.63, 3.8) is 0 Å². The molecule has 0 N–H and O–H groups in total. The number of nitro benzene ring substituents is 1. The van der Waals surface area contributed by atoms with E-state index in [-0.39, 0.29) is 23.1 Å². The molecule has 1 aliphatic heterocycles. The molecule has 0 spiro atoms. The minimum atomic E-state index is -3.53. The fraction of sp³-hybridized carbons (Fsp3) is 0.200. The number of sulfone groups is 1. The highest BCUT2D eigenvalue weighted by Crippen LogP contribution is 2.39. The number of nitro groups is 1. The van der Waals surface area contributed by atoms with Gasteiger partial charge in [0.1, 0.15) is 5.69 Å². The Morgan fingerprint density at radius 1 is 1.12 bits per heavy atom. The fourth-order valence-electron chi connectivity index (χ4n) is 2.40. The van der Waals surface area contributed by atoms with E-state index in [4.69, 9.17) is 9.47 Å². The molecule has 2 aromatic carbocycles. The fourth-order valence-corrected chi connectivity index (χ4v) is 3.04. The summed E-state index contributed by atoms with van der Waals surface area (Å²) in [5.41, 5.74) is 0.624. The van der Waals surface area contributed by atoms with Crippen LogP contribution in [0.5, 0.6) is 11.5 Å². The highest BCUT2D eigenvalue weighted by molar-refractivity contribution is 7.90. The third-order valence-electron chi connectivity index (χ3n) is 3.68. The van der Waals surface area contributed by atoms with Crippen LogP contribution < -0.4 is 14.4 Å². The summed E-state index contributed by atoms with van der Waals surface area (Å²) in [6, 6.07) is 8.98. The number of rotatable bonds is 4. The second kappa shape index (κ2) is 5.68. The Hall–Kier alpha value is -2.81. The second-order valence-electron chi connectivity index (χ2n) is 5.28. The van der Waals surface area contributed by atoms with E-state index in [9.17, 15) is 18.5 Å². The van der Waals surface area contributed by atoms with Crippen LogP contribution in [0.15, 0.2) is 41.3 Å². The van der Waals surface area contributed by atoms with Crippen molar-refractivity contribution in [2.75, 3.05) is 25.0 Å². The van der Waals surface area contributed by atoms with E-state index >= 15 is 0 Å². The van der Waals surface area contributed by atoms with Gasteiger partial charge in [-0.25, -0.2) is 8.42 Å². The molecular weight excluding hydrogens is 336 g/mol. The number of hydrogen-bond donors (Lipinski definition) is 0. The lowest BCUT2D eigenvalue weighted by atomic mass is 10.2. The molecule has 0 fully saturated rings. The van der Waals surface area contributed by atoms with Gasteiger partial charge in [-0.2, -0.15) is 0 Å². The summed E-state index contributed by atoms with van der Waals surface area (Å²) in [6.07, 6.45) is 1.01. The van der Waals surface area contributed by atoms with Gasteiger partial charge in [-0.1, -0.05) is 0 Å². The number of hydrogen-bond acceptors (Lipinski definition) is 7. The maximum atomic E-state index is 11.6. The van der Waals surface area contributed by atoms with Gasteiger partial charge in [-0.05, 0) is 24.3 Å². The van der Waals surface area contributed by atoms with Crippen LogP contribution in [0, 0.1) is 10.1 Å². The van der Waals surface area contributed by atoms with Gasteiger partial charge in [0, 0.05) is 31.1 Å². The summed E-state index contributed by atoms with van der Waals surface area (Å²) in [5, 5.41) is 11.4. The van der Waals surface area contributed by atoms with Gasteiger partial charge in [-0.15, -0.1) is 0 Å². The summed E-state index contributed by atoms with van der Waals surface area (Å²) in [7, 11) is -1.88. The van der Waals surface area contributed by atoms with Crippen molar-refractivity contribution in [3.8, 4) is 11.5 Å².